The van der Waals surface area contributed by atoms with Crippen LogP contribution in [0.2, 0.25) is 0 Å². The van der Waals surface area contributed by atoms with Gasteiger partial charge in [0.1, 0.15) is 0 Å². The first-order valence-corrected chi connectivity index (χ1v) is 12.2. The van der Waals surface area contributed by atoms with Gasteiger partial charge in [0.2, 0.25) is 0 Å². The lowest BCUT2D eigenvalue weighted by molar-refractivity contribution is 0.0971. The molecule has 8 heteroatoms. The Labute approximate surface area is 206 Å². The Morgan fingerprint density at radius 3 is 2.12 bits per heavy atom. The van der Waals surface area contributed by atoms with Gasteiger partial charge in [-0.05, 0) is 36.5 Å². The average Bonchev–Trinajstić information content (AvgIpc) is 3.33. The molecule has 4 aromatic rings. The highest BCUT2D eigenvalue weighted by Crippen LogP contribution is 2.29. The number of piperazine rings is 1. The van der Waals surface area contributed by atoms with Crippen LogP contribution in [0.25, 0.3) is 10.2 Å². The normalized spacial score (nSPS) is 13.6. The van der Waals surface area contributed by atoms with Gasteiger partial charge < -0.3 is 9.80 Å². The largest absolute Gasteiger partial charge is 0.345 e. The number of anilines is 1. The van der Waals surface area contributed by atoms with Crippen LogP contribution in [0.3, 0.4) is 0 Å². The van der Waals surface area contributed by atoms with Crippen molar-refractivity contribution in [1.29, 1.82) is 0 Å². The second-order valence-corrected chi connectivity index (χ2v) is 9.37. The molecule has 1 aliphatic rings. The topological polar surface area (TPSA) is 65.5 Å². The average molecular weight is 487 g/mol. The van der Waals surface area contributed by atoms with Crippen molar-refractivity contribution in [3.63, 3.8) is 0 Å². The number of rotatable bonds is 4. The molecule has 1 aliphatic heterocycles. The number of carbonyl (C=O) groups is 2. The van der Waals surface area contributed by atoms with Gasteiger partial charge in [-0.2, -0.15) is 0 Å². The molecule has 1 fully saturated rings. The Balaban J connectivity index is 1.16. The van der Waals surface area contributed by atoms with Gasteiger partial charge in [-0.25, -0.2) is 4.98 Å². The number of ketones is 1. The Kier molecular flexibility index (Phi) is 6.33. The lowest BCUT2D eigenvalue weighted by Crippen LogP contribution is -2.52. The molecular weight excluding hydrogens is 464 g/mol. The predicted molar refractivity (Wildman–Crippen MR) is 140 cm³/mol. The smallest absolute Gasteiger partial charge is 0.257 e. The second-order valence-electron chi connectivity index (χ2n) is 7.97. The highest BCUT2D eigenvalue weighted by atomic mass is 32.1. The standard InChI is InChI=1S/C26H22N4O2S2/c31-23(18-6-2-1-3-7-18)19-10-12-20(13-11-19)24(32)28-25(33)29-14-16-30(17-15-29)26-27-21-8-4-5-9-22(21)34-26/h1-13H,14-17H2,(H,28,32,33). The third-order valence-corrected chi connectivity index (χ3v) is 7.24. The van der Waals surface area contributed by atoms with Gasteiger partial charge >= 0.3 is 0 Å². The minimum Gasteiger partial charge on any atom is -0.345 e. The molecular formula is C26H22N4O2S2. The van der Waals surface area contributed by atoms with Gasteiger partial charge in [0.25, 0.3) is 5.91 Å². The maximum Gasteiger partial charge on any atom is 0.257 e. The molecule has 34 heavy (non-hydrogen) atoms. The van der Waals surface area contributed by atoms with E-state index in [1.165, 1.54) is 4.70 Å². The van der Waals surface area contributed by atoms with Crippen LogP contribution in [0.1, 0.15) is 26.3 Å². The third kappa shape index (κ3) is 4.69. The summed E-state index contributed by atoms with van der Waals surface area (Å²) < 4.78 is 1.18. The van der Waals surface area contributed by atoms with E-state index in [1.54, 1.807) is 47.7 Å². The zero-order valence-corrected chi connectivity index (χ0v) is 19.9. The first-order chi connectivity index (χ1) is 16.6. The molecule has 0 unspecified atom stereocenters. The van der Waals surface area contributed by atoms with Crippen LogP contribution >= 0.6 is 23.6 Å². The molecule has 170 valence electrons. The van der Waals surface area contributed by atoms with Gasteiger partial charge in [-0.15, -0.1) is 0 Å². The molecule has 0 bridgehead atoms. The van der Waals surface area contributed by atoms with Crippen LogP contribution in [-0.2, 0) is 0 Å². The van der Waals surface area contributed by atoms with E-state index in [4.69, 9.17) is 17.2 Å². The number of hydrogen-bond donors (Lipinski definition) is 1. The summed E-state index contributed by atoms with van der Waals surface area (Å²) in [5.41, 5.74) is 2.63. The van der Waals surface area contributed by atoms with Crippen molar-refractivity contribution in [2.45, 2.75) is 0 Å². The molecule has 0 radical (unpaired) electrons. The summed E-state index contributed by atoms with van der Waals surface area (Å²) in [5.74, 6) is -0.355. The van der Waals surface area contributed by atoms with Crippen molar-refractivity contribution in [2.75, 3.05) is 31.1 Å². The van der Waals surface area contributed by atoms with Gasteiger partial charge in [0, 0.05) is 42.9 Å². The van der Waals surface area contributed by atoms with Crippen LogP contribution in [0.15, 0.2) is 78.9 Å². The summed E-state index contributed by atoms with van der Waals surface area (Å²) in [6.45, 7) is 2.98. The lowest BCUT2D eigenvalue weighted by atomic mass is 10.0. The fourth-order valence-electron chi connectivity index (χ4n) is 3.87. The van der Waals surface area contributed by atoms with E-state index in [2.05, 4.69) is 16.3 Å². The van der Waals surface area contributed by atoms with Gasteiger partial charge in [0.15, 0.2) is 16.0 Å². The summed E-state index contributed by atoms with van der Waals surface area (Å²) in [6.07, 6.45) is 0. The second kappa shape index (κ2) is 9.70. The quantitative estimate of drug-likeness (QED) is 0.342. The molecule has 0 spiro atoms. The van der Waals surface area contributed by atoms with E-state index < -0.39 is 0 Å². The minimum atomic E-state index is -0.280. The van der Waals surface area contributed by atoms with Crippen LogP contribution in [-0.4, -0.2) is 52.9 Å². The number of benzene rings is 3. The van der Waals surface area contributed by atoms with Crippen molar-refractivity contribution in [3.8, 4) is 0 Å². The SMILES string of the molecule is O=C(NC(=S)N1CCN(c2nc3ccccc3s2)CC1)c1ccc(C(=O)c2ccccc2)cc1. The maximum absolute atomic E-state index is 12.7. The van der Waals surface area contributed by atoms with Crippen LogP contribution < -0.4 is 10.2 Å². The fraction of sp³-hybridized carbons (Fsp3) is 0.154. The Morgan fingerprint density at radius 2 is 1.41 bits per heavy atom. The van der Waals surface area contributed by atoms with Gasteiger partial charge in [-0.3, -0.25) is 14.9 Å². The van der Waals surface area contributed by atoms with E-state index in [0.29, 0.717) is 34.9 Å². The van der Waals surface area contributed by atoms with E-state index in [9.17, 15) is 9.59 Å². The number of aromatic nitrogens is 1. The summed E-state index contributed by atoms with van der Waals surface area (Å²) >= 11 is 7.19. The zero-order valence-electron chi connectivity index (χ0n) is 18.3. The molecule has 1 N–H and O–H groups in total. The number of nitrogens with zero attached hydrogens (tertiary/aromatic N) is 3. The monoisotopic (exact) mass is 486 g/mol. The van der Waals surface area contributed by atoms with Crippen LogP contribution in [0.4, 0.5) is 5.13 Å². The number of para-hydroxylation sites is 1. The molecule has 6 nitrogen and oxygen atoms in total. The van der Waals surface area contributed by atoms with Crippen molar-refractivity contribution in [1.82, 2.24) is 15.2 Å². The molecule has 5 rings (SSSR count). The van der Waals surface area contributed by atoms with Crippen LogP contribution in [0, 0.1) is 0 Å². The van der Waals surface area contributed by atoms with Crippen molar-refractivity contribution in [2.24, 2.45) is 0 Å². The Morgan fingerprint density at radius 1 is 0.794 bits per heavy atom. The highest BCUT2D eigenvalue weighted by molar-refractivity contribution is 7.80. The first-order valence-electron chi connectivity index (χ1n) is 11.0. The van der Waals surface area contributed by atoms with Gasteiger partial charge in [0.05, 0.1) is 10.2 Å². The first kappa shape index (κ1) is 22.2. The molecule has 0 atom stereocenters. The highest BCUT2D eigenvalue weighted by Gasteiger charge is 2.22. The zero-order chi connectivity index (χ0) is 23.5. The van der Waals surface area contributed by atoms with Crippen LogP contribution in [0.5, 0.6) is 0 Å². The number of thiazole rings is 1. The molecule has 0 saturated carbocycles. The van der Waals surface area contributed by atoms with E-state index in [1.807, 2.05) is 41.3 Å². The predicted octanol–water partition coefficient (Wildman–Crippen LogP) is 4.36. The number of hydrogen-bond acceptors (Lipinski definition) is 6. The minimum absolute atomic E-state index is 0.0749. The number of carbonyl (C=O) groups excluding carboxylic acids is 2. The number of fused-ring (bicyclic) bond motifs is 1. The van der Waals surface area contributed by atoms with E-state index in [-0.39, 0.29) is 11.7 Å². The summed E-state index contributed by atoms with van der Waals surface area (Å²) in [6, 6.07) is 23.9. The number of nitrogens with one attached hydrogen (secondary N) is 1. The van der Waals surface area contributed by atoms with Crippen molar-refractivity contribution in [3.05, 3.63) is 95.6 Å². The summed E-state index contributed by atoms with van der Waals surface area (Å²) in [7, 11) is 0. The molecule has 2 heterocycles. The van der Waals surface area contributed by atoms with E-state index >= 15 is 0 Å². The van der Waals surface area contributed by atoms with Gasteiger partial charge in [-0.1, -0.05) is 65.9 Å². The van der Waals surface area contributed by atoms with Crippen molar-refractivity contribution < 1.29 is 9.59 Å². The molecule has 0 aliphatic carbocycles. The number of amides is 1. The van der Waals surface area contributed by atoms with E-state index in [0.717, 1.165) is 23.7 Å². The number of thiocarbonyl (C=S) groups is 1. The fourth-order valence-corrected chi connectivity index (χ4v) is 5.17. The summed E-state index contributed by atoms with van der Waals surface area (Å²) in [5, 5.41) is 4.25. The molecule has 1 amide bonds. The summed E-state index contributed by atoms with van der Waals surface area (Å²) in [4.78, 5) is 34.3. The lowest BCUT2D eigenvalue weighted by Gasteiger charge is -2.35. The Hall–Kier alpha value is -3.62. The molecule has 3 aromatic carbocycles. The third-order valence-electron chi connectivity index (χ3n) is 5.79. The van der Waals surface area contributed by atoms with Crippen molar-refractivity contribution >= 4 is 55.7 Å². The maximum atomic E-state index is 12.7. The molecule has 1 saturated heterocycles. The molecule has 1 aromatic heterocycles. The Bertz CT molecular complexity index is 1310.